The molecule has 0 aliphatic rings. The second-order valence-corrected chi connectivity index (χ2v) is 2.93. The SMILES string of the molecule is CCOC(=O)C(C(C)OCC)C(F)(F)F. The summed E-state index contributed by atoms with van der Waals surface area (Å²) in [5.41, 5.74) is 0. The van der Waals surface area contributed by atoms with Crippen LogP contribution in [-0.4, -0.2) is 31.5 Å². The number of halogens is 3. The largest absolute Gasteiger partial charge is 0.465 e. The molecule has 3 nitrogen and oxygen atoms in total. The van der Waals surface area contributed by atoms with E-state index < -0.39 is 24.2 Å². The molecule has 6 heteroatoms. The molecular formula is C9H15F3O3. The van der Waals surface area contributed by atoms with Crippen LogP contribution in [0, 0.1) is 5.92 Å². The summed E-state index contributed by atoms with van der Waals surface area (Å²) >= 11 is 0. The summed E-state index contributed by atoms with van der Waals surface area (Å²) in [4.78, 5) is 11.1. The van der Waals surface area contributed by atoms with Crippen molar-refractivity contribution in [1.82, 2.24) is 0 Å². The highest BCUT2D eigenvalue weighted by Crippen LogP contribution is 2.31. The van der Waals surface area contributed by atoms with Crippen LogP contribution in [-0.2, 0) is 14.3 Å². The highest BCUT2D eigenvalue weighted by Gasteiger charge is 2.49. The van der Waals surface area contributed by atoms with Crippen molar-refractivity contribution in [2.45, 2.75) is 33.1 Å². The maximum atomic E-state index is 12.5. The third kappa shape index (κ3) is 4.51. The molecule has 0 saturated carbocycles. The predicted molar refractivity (Wildman–Crippen MR) is 47.3 cm³/mol. The zero-order valence-electron chi connectivity index (χ0n) is 8.93. The number of hydrogen-bond acceptors (Lipinski definition) is 3. The van der Waals surface area contributed by atoms with Crippen LogP contribution in [0.2, 0.25) is 0 Å². The van der Waals surface area contributed by atoms with Gasteiger partial charge in [0.1, 0.15) is 0 Å². The fraction of sp³-hybridized carbons (Fsp3) is 0.889. The summed E-state index contributed by atoms with van der Waals surface area (Å²) in [6.45, 7) is 4.27. The van der Waals surface area contributed by atoms with Gasteiger partial charge in [-0.3, -0.25) is 4.79 Å². The Morgan fingerprint density at radius 1 is 1.27 bits per heavy atom. The Labute approximate surface area is 86.5 Å². The van der Waals surface area contributed by atoms with Gasteiger partial charge in [-0.15, -0.1) is 0 Å². The molecule has 0 aliphatic carbocycles. The van der Waals surface area contributed by atoms with Crippen molar-refractivity contribution in [3.63, 3.8) is 0 Å². The zero-order chi connectivity index (χ0) is 12.1. The Kier molecular flexibility index (Phi) is 5.64. The van der Waals surface area contributed by atoms with Crippen LogP contribution >= 0.6 is 0 Å². The lowest BCUT2D eigenvalue weighted by atomic mass is 10.0. The summed E-state index contributed by atoms with van der Waals surface area (Å²) in [7, 11) is 0. The number of ether oxygens (including phenoxy) is 2. The molecular weight excluding hydrogens is 213 g/mol. The highest BCUT2D eigenvalue weighted by atomic mass is 19.4. The number of carbonyl (C=O) groups excluding carboxylic acids is 1. The topological polar surface area (TPSA) is 35.5 Å². The number of hydrogen-bond donors (Lipinski definition) is 0. The Morgan fingerprint density at radius 2 is 1.80 bits per heavy atom. The third-order valence-corrected chi connectivity index (χ3v) is 1.79. The van der Waals surface area contributed by atoms with E-state index in [0.29, 0.717) is 0 Å². The molecule has 0 rings (SSSR count). The molecule has 2 atom stereocenters. The first-order valence-electron chi connectivity index (χ1n) is 4.69. The van der Waals surface area contributed by atoms with Gasteiger partial charge in [-0.05, 0) is 20.8 Å². The summed E-state index contributed by atoms with van der Waals surface area (Å²) in [6.07, 6.45) is -5.87. The van der Waals surface area contributed by atoms with Gasteiger partial charge in [-0.2, -0.15) is 13.2 Å². The fourth-order valence-corrected chi connectivity index (χ4v) is 1.18. The second-order valence-electron chi connectivity index (χ2n) is 2.93. The molecule has 0 aromatic heterocycles. The number of carbonyl (C=O) groups is 1. The number of esters is 1. The molecule has 0 spiro atoms. The Morgan fingerprint density at radius 3 is 2.13 bits per heavy atom. The molecule has 2 unspecified atom stereocenters. The van der Waals surface area contributed by atoms with Gasteiger partial charge >= 0.3 is 12.1 Å². The van der Waals surface area contributed by atoms with Crippen molar-refractivity contribution in [2.24, 2.45) is 5.92 Å². The molecule has 0 heterocycles. The first-order chi connectivity index (χ1) is 6.84. The Bertz CT molecular complexity index is 203. The maximum Gasteiger partial charge on any atom is 0.404 e. The van der Waals surface area contributed by atoms with Crippen LogP contribution in [0.25, 0.3) is 0 Å². The van der Waals surface area contributed by atoms with Crippen molar-refractivity contribution in [2.75, 3.05) is 13.2 Å². The fourth-order valence-electron chi connectivity index (χ4n) is 1.18. The summed E-state index contributed by atoms with van der Waals surface area (Å²) < 4.78 is 46.6. The normalized spacial score (nSPS) is 15.9. The molecule has 0 bridgehead atoms. The standard InChI is InChI=1S/C9H15F3O3/c1-4-14-6(3)7(9(10,11)12)8(13)15-5-2/h6-7H,4-5H2,1-3H3. The van der Waals surface area contributed by atoms with E-state index in [4.69, 9.17) is 4.74 Å². The quantitative estimate of drug-likeness (QED) is 0.676. The molecule has 0 saturated heterocycles. The Balaban J connectivity index is 4.65. The summed E-state index contributed by atoms with van der Waals surface area (Å²) in [6, 6.07) is 0. The average molecular weight is 228 g/mol. The van der Waals surface area contributed by atoms with Gasteiger partial charge in [0.05, 0.1) is 12.7 Å². The summed E-state index contributed by atoms with van der Waals surface area (Å²) in [5.74, 6) is -3.50. The van der Waals surface area contributed by atoms with Crippen LogP contribution in [0.4, 0.5) is 13.2 Å². The monoisotopic (exact) mass is 228 g/mol. The molecule has 0 aliphatic heterocycles. The van der Waals surface area contributed by atoms with Crippen molar-refractivity contribution < 1.29 is 27.4 Å². The highest BCUT2D eigenvalue weighted by molar-refractivity contribution is 5.74. The van der Waals surface area contributed by atoms with E-state index in [-0.39, 0.29) is 13.2 Å². The minimum Gasteiger partial charge on any atom is -0.465 e. The first kappa shape index (κ1) is 14.2. The van der Waals surface area contributed by atoms with Crippen LogP contribution < -0.4 is 0 Å². The molecule has 15 heavy (non-hydrogen) atoms. The lowest BCUT2D eigenvalue weighted by molar-refractivity contribution is -0.217. The molecule has 0 fully saturated rings. The van der Waals surface area contributed by atoms with Crippen molar-refractivity contribution in [3.8, 4) is 0 Å². The molecule has 0 radical (unpaired) electrons. The van der Waals surface area contributed by atoms with Gasteiger partial charge in [0.2, 0.25) is 0 Å². The Hall–Kier alpha value is -0.780. The lowest BCUT2D eigenvalue weighted by Crippen LogP contribution is -2.41. The van der Waals surface area contributed by atoms with Gasteiger partial charge in [-0.1, -0.05) is 0 Å². The van der Waals surface area contributed by atoms with Gasteiger partial charge in [-0.25, -0.2) is 0 Å². The average Bonchev–Trinajstić information content (AvgIpc) is 2.01. The number of alkyl halides is 3. The van der Waals surface area contributed by atoms with Gasteiger partial charge in [0, 0.05) is 6.61 Å². The van der Waals surface area contributed by atoms with E-state index in [0.717, 1.165) is 0 Å². The molecule has 0 aromatic rings. The van der Waals surface area contributed by atoms with E-state index in [1.165, 1.54) is 13.8 Å². The maximum absolute atomic E-state index is 12.5. The minimum absolute atomic E-state index is 0.0791. The van der Waals surface area contributed by atoms with Crippen LogP contribution in [0.3, 0.4) is 0 Å². The molecule has 0 aromatic carbocycles. The van der Waals surface area contributed by atoms with Crippen molar-refractivity contribution >= 4 is 5.97 Å². The van der Waals surface area contributed by atoms with Crippen LogP contribution in [0.15, 0.2) is 0 Å². The van der Waals surface area contributed by atoms with E-state index >= 15 is 0 Å². The zero-order valence-corrected chi connectivity index (χ0v) is 8.93. The smallest absolute Gasteiger partial charge is 0.404 e. The predicted octanol–water partition coefficient (Wildman–Crippen LogP) is 2.15. The van der Waals surface area contributed by atoms with Gasteiger partial charge in [0.25, 0.3) is 0 Å². The minimum atomic E-state index is -4.64. The van der Waals surface area contributed by atoms with Gasteiger partial charge in [0.15, 0.2) is 5.92 Å². The third-order valence-electron chi connectivity index (χ3n) is 1.79. The van der Waals surface area contributed by atoms with E-state index in [1.54, 1.807) is 6.92 Å². The van der Waals surface area contributed by atoms with E-state index in [2.05, 4.69) is 4.74 Å². The summed E-state index contributed by atoms with van der Waals surface area (Å²) in [5, 5.41) is 0. The van der Waals surface area contributed by atoms with Gasteiger partial charge < -0.3 is 9.47 Å². The lowest BCUT2D eigenvalue weighted by Gasteiger charge is -2.24. The van der Waals surface area contributed by atoms with E-state index in [9.17, 15) is 18.0 Å². The molecule has 90 valence electrons. The molecule has 0 N–H and O–H groups in total. The van der Waals surface area contributed by atoms with Crippen LogP contribution in [0.5, 0.6) is 0 Å². The first-order valence-corrected chi connectivity index (χ1v) is 4.69. The molecule has 0 amide bonds. The van der Waals surface area contributed by atoms with Crippen molar-refractivity contribution in [3.05, 3.63) is 0 Å². The number of rotatable bonds is 5. The second kappa shape index (κ2) is 5.95. The van der Waals surface area contributed by atoms with Crippen LogP contribution in [0.1, 0.15) is 20.8 Å². The van der Waals surface area contributed by atoms with Crippen molar-refractivity contribution in [1.29, 1.82) is 0 Å². The van der Waals surface area contributed by atoms with E-state index in [1.807, 2.05) is 0 Å².